The molecule has 1 heterocycles. The van der Waals surface area contributed by atoms with Crippen LogP contribution in [0.15, 0.2) is 40.9 Å². The highest BCUT2D eigenvalue weighted by Crippen LogP contribution is 2.13. The van der Waals surface area contributed by atoms with Gasteiger partial charge in [-0.1, -0.05) is 11.6 Å². The maximum absolute atomic E-state index is 11.0. The fourth-order valence-electron chi connectivity index (χ4n) is 1.07. The lowest BCUT2D eigenvalue weighted by molar-refractivity contribution is -0.136. The fourth-order valence-corrected chi connectivity index (χ4v) is 1.20. The summed E-state index contributed by atoms with van der Waals surface area (Å²) in [5.41, 5.74) is -0.450. The summed E-state index contributed by atoms with van der Waals surface area (Å²) in [6.07, 6.45) is 7.72. The van der Waals surface area contributed by atoms with Gasteiger partial charge in [-0.05, 0) is 12.2 Å². The number of carbonyl (C=O) groups is 1. The zero-order valence-electron chi connectivity index (χ0n) is 9.51. The molecule has 0 amide bonds. The van der Waals surface area contributed by atoms with Gasteiger partial charge in [0.1, 0.15) is 5.50 Å². The number of halogens is 1. The molecule has 0 aromatic rings. The maximum Gasteiger partial charge on any atom is 0.308 e. The van der Waals surface area contributed by atoms with E-state index in [1.807, 2.05) is 0 Å². The maximum atomic E-state index is 11.0. The van der Waals surface area contributed by atoms with Crippen molar-refractivity contribution < 1.29 is 14.3 Å². The summed E-state index contributed by atoms with van der Waals surface area (Å²) < 4.78 is 10.1. The van der Waals surface area contributed by atoms with Gasteiger partial charge in [-0.3, -0.25) is 4.79 Å². The molecule has 1 aliphatic rings. The second kappa shape index (κ2) is 6.75. The van der Waals surface area contributed by atoms with E-state index in [0.717, 1.165) is 0 Å². The number of nitrogens with one attached hydrogen (secondary N) is 1. The van der Waals surface area contributed by atoms with Crippen LogP contribution in [0.4, 0.5) is 0 Å². The molecule has 1 rings (SSSR count). The van der Waals surface area contributed by atoms with Crippen LogP contribution in [0.5, 0.6) is 0 Å². The van der Waals surface area contributed by atoms with E-state index >= 15 is 0 Å². The molecule has 0 aliphatic carbocycles. The second-order valence-corrected chi connectivity index (χ2v) is 3.52. The minimum atomic E-state index is -0.450. The monoisotopic (exact) mass is 256 g/mol. The number of rotatable bonds is 2. The first-order chi connectivity index (χ1) is 8.13. The van der Waals surface area contributed by atoms with Crippen molar-refractivity contribution in [2.75, 3.05) is 7.11 Å². The van der Waals surface area contributed by atoms with Crippen molar-refractivity contribution in [3.8, 4) is 0 Å². The van der Waals surface area contributed by atoms with Crippen molar-refractivity contribution in [1.29, 1.82) is 0 Å². The van der Waals surface area contributed by atoms with Gasteiger partial charge < -0.3 is 14.8 Å². The molecule has 0 spiro atoms. The van der Waals surface area contributed by atoms with Crippen molar-refractivity contribution in [2.45, 2.75) is 12.4 Å². The van der Waals surface area contributed by atoms with Gasteiger partial charge in [0.2, 0.25) is 0 Å². The van der Waals surface area contributed by atoms with Crippen LogP contribution in [0.2, 0.25) is 0 Å². The van der Waals surface area contributed by atoms with E-state index in [2.05, 4.69) is 10.3 Å². The molecule has 92 valence electrons. The van der Waals surface area contributed by atoms with Gasteiger partial charge in [0.25, 0.3) is 0 Å². The Hall–Kier alpha value is -1.75. The zero-order valence-corrected chi connectivity index (χ0v) is 10.3. The van der Waals surface area contributed by atoms with Gasteiger partial charge in [0.15, 0.2) is 11.5 Å². The van der Waals surface area contributed by atoms with Gasteiger partial charge in [0.05, 0.1) is 13.4 Å². The molecule has 0 aromatic heterocycles. The summed E-state index contributed by atoms with van der Waals surface area (Å²) in [7, 11) is 1.48. The number of allylic oxidation sites excluding steroid dienone is 2. The van der Waals surface area contributed by atoms with Crippen molar-refractivity contribution in [1.82, 2.24) is 5.32 Å². The Morgan fingerprint density at radius 1 is 1.47 bits per heavy atom. The predicted octanol–water partition coefficient (Wildman–Crippen LogP) is 1.67. The van der Waals surface area contributed by atoms with Crippen LogP contribution in [0.1, 0.15) is 6.92 Å². The highest BCUT2D eigenvalue weighted by atomic mass is 35.5. The van der Waals surface area contributed by atoms with Crippen LogP contribution in [0, 0.1) is 0 Å². The van der Waals surface area contributed by atoms with Crippen molar-refractivity contribution in [3.63, 3.8) is 0 Å². The Morgan fingerprint density at radius 3 is 2.88 bits per heavy atom. The number of alkyl halides is 1. The Balaban J connectivity index is 3.07. The summed E-state index contributed by atoms with van der Waals surface area (Å²) in [6, 6.07) is 0. The smallest absolute Gasteiger partial charge is 0.308 e. The van der Waals surface area contributed by atoms with Crippen molar-refractivity contribution in [2.24, 2.45) is 4.99 Å². The molecule has 0 bridgehead atoms. The van der Waals surface area contributed by atoms with Gasteiger partial charge in [-0.2, -0.15) is 0 Å². The number of methoxy groups -OCH3 is 1. The molecule has 5 nitrogen and oxygen atoms in total. The molecule has 0 aromatic carbocycles. The van der Waals surface area contributed by atoms with Crippen LogP contribution in [0.3, 0.4) is 0 Å². The first kappa shape index (κ1) is 13.3. The lowest BCUT2D eigenvalue weighted by Crippen LogP contribution is -2.19. The molecule has 1 atom stereocenters. The second-order valence-electron chi connectivity index (χ2n) is 3.05. The molecule has 0 fully saturated rings. The van der Waals surface area contributed by atoms with E-state index < -0.39 is 11.5 Å². The van der Waals surface area contributed by atoms with Gasteiger partial charge >= 0.3 is 5.97 Å². The SMILES string of the molecule is COC1=C(OC(C)=O)/C=C/C(Cl)N/C=N\C=C\1. The first-order valence-corrected chi connectivity index (χ1v) is 5.30. The number of carbonyl (C=O) groups excluding carboxylic acids is 1. The standard InChI is InChI=1S/C11H13ClN2O3/c1-8(15)17-10-3-4-11(12)14-7-13-6-5-9(10)16-2/h3-7,11H,1-2H3,(H,13,14)/b4-3+,6-5+,10-9-. The van der Waals surface area contributed by atoms with Crippen LogP contribution in [-0.4, -0.2) is 24.9 Å². The normalized spacial score (nSPS) is 29.7. The molecular weight excluding hydrogens is 244 g/mol. The molecule has 6 heteroatoms. The molecule has 0 saturated heterocycles. The predicted molar refractivity (Wildman–Crippen MR) is 65.3 cm³/mol. The molecule has 0 saturated carbocycles. The van der Waals surface area contributed by atoms with E-state index in [1.165, 1.54) is 26.6 Å². The number of esters is 1. The summed E-state index contributed by atoms with van der Waals surface area (Å²) in [5.74, 6) is 0.229. The number of ether oxygens (including phenoxy) is 2. The molecule has 1 aliphatic heterocycles. The van der Waals surface area contributed by atoms with Crippen molar-refractivity contribution >= 4 is 23.9 Å². The van der Waals surface area contributed by atoms with Crippen LogP contribution in [0.25, 0.3) is 0 Å². The molecule has 1 N–H and O–H groups in total. The zero-order chi connectivity index (χ0) is 12.7. The van der Waals surface area contributed by atoms with E-state index in [9.17, 15) is 4.79 Å². The molecular formula is C11H13ClN2O3. The van der Waals surface area contributed by atoms with E-state index in [1.54, 1.807) is 18.2 Å². The Kier molecular flexibility index (Phi) is 5.29. The third-order valence-corrected chi connectivity index (χ3v) is 2.02. The van der Waals surface area contributed by atoms with Gasteiger partial charge in [-0.25, -0.2) is 4.99 Å². The largest absolute Gasteiger partial charge is 0.493 e. The van der Waals surface area contributed by atoms with Crippen LogP contribution >= 0.6 is 11.6 Å². The highest BCUT2D eigenvalue weighted by molar-refractivity contribution is 6.22. The Labute approximate surface area is 104 Å². The Bertz CT molecular complexity index is 400. The Morgan fingerprint density at radius 2 is 2.24 bits per heavy atom. The molecule has 17 heavy (non-hydrogen) atoms. The number of nitrogens with zero attached hydrogens (tertiary/aromatic N) is 1. The average molecular weight is 257 g/mol. The summed E-state index contributed by atoms with van der Waals surface area (Å²) in [6.45, 7) is 1.31. The molecule has 0 radical (unpaired) electrons. The minimum Gasteiger partial charge on any atom is -0.493 e. The lowest BCUT2D eigenvalue weighted by Gasteiger charge is -2.09. The van der Waals surface area contributed by atoms with Crippen LogP contribution < -0.4 is 5.32 Å². The lowest BCUT2D eigenvalue weighted by atomic mass is 10.3. The van der Waals surface area contributed by atoms with Crippen molar-refractivity contribution in [3.05, 3.63) is 35.9 Å². The topological polar surface area (TPSA) is 59.9 Å². The molecule has 1 unspecified atom stereocenters. The summed E-state index contributed by atoms with van der Waals surface area (Å²) in [4.78, 5) is 14.9. The van der Waals surface area contributed by atoms with E-state index in [-0.39, 0.29) is 5.76 Å². The fraction of sp³-hybridized carbons (Fsp3) is 0.273. The van der Waals surface area contributed by atoms with Crippen LogP contribution in [-0.2, 0) is 14.3 Å². The van der Waals surface area contributed by atoms with E-state index in [4.69, 9.17) is 21.1 Å². The van der Waals surface area contributed by atoms with Gasteiger partial charge in [0, 0.05) is 19.2 Å². The quantitative estimate of drug-likeness (QED) is 0.464. The number of aliphatic imine (C=N–C) groups is 1. The summed E-state index contributed by atoms with van der Waals surface area (Å²) >= 11 is 5.90. The van der Waals surface area contributed by atoms with E-state index in [0.29, 0.717) is 5.76 Å². The third kappa shape index (κ3) is 4.74. The van der Waals surface area contributed by atoms with Gasteiger partial charge in [-0.15, -0.1) is 0 Å². The minimum absolute atomic E-state index is 0.279. The number of hydrogen-bond acceptors (Lipinski definition) is 5. The number of hydrogen-bond donors (Lipinski definition) is 1. The third-order valence-electron chi connectivity index (χ3n) is 1.75. The highest BCUT2D eigenvalue weighted by Gasteiger charge is 2.08. The first-order valence-electron chi connectivity index (χ1n) is 4.86. The average Bonchev–Trinajstić information content (AvgIpc) is 2.29. The summed E-state index contributed by atoms with van der Waals surface area (Å²) in [5, 5.41) is 2.79.